The summed E-state index contributed by atoms with van der Waals surface area (Å²) in [5.74, 6) is 2.81. The lowest BCUT2D eigenvalue weighted by Crippen LogP contribution is -2.39. The zero-order chi connectivity index (χ0) is 29.8. The van der Waals surface area contributed by atoms with Crippen LogP contribution in [0, 0.1) is 10.8 Å². The number of aliphatic hydroxyl groups excluding tert-OH is 1. The number of hydrogen-bond donors (Lipinski definition) is 5. The van der Waals surface area contributed by atoms with E-state index in [4.69, 9.17) is 31.8 Å². The summed E-state index contributed by atoms with van der Waals surface area (Å²) in [4.78, 5) is 3.64. The Bertz CT molecular complexity index is 1450. The Labute approximate surface area is 244 Å². The van der Waals surface area contributed by atoms with Crippen LogP contribution in [0.2, 0.25) is 0 Å². The van der Waals surface area contributed by atoms with Crippen molar-refractivity contribution in [3.05, 3.63) is 59.7 Å². The van der Waals surface area contributed by atoms with Crippen molar-refractivity contribution >= 4 is 23.1 Å². The molecule has 0 spiro atoms. The molecule has 7 N–H and O–H groups in total. The van der Waals surface area contributed by atoms with Crippen molar-refractivity contribution in [1.29, 1.82) is 10.8 Å². The SMILES string of the molecule is COc1cc(-c2nnc(-c3ccc(C4=CCN(C(=N)N)CC4)c(OC)c3)n2CCO)ccc1C1=CCN(C(=N)N)CC1. The molecule has 0 amide bonds. The van der Waals surface area contributed by atoms with Crippen LogP contribution in [0.5, 0.6) is 11.5 Å². The van der Waals surface area contributed by atoms with E-state index in [2.05, 4.69) is 22.3 Å². The number of nitrogens with one attached hydrogen (secondary N) is 2. The van der Waals surface area contributed by atoms with Gasteiger partial charge in [0.15, 0.2) is 23.6 Å². The molecule has 220 valence electrons. The van der Waals surface area contributed by atoms with Crippen LogP contribution in [0.15, 0.2) is 48.6 Å². The topological polar surface area (TPSA) is 176 Å². The van der Waals surface area contributed by atoms with Gasteiger partial charge in [-0.1, -0.05) is 36.4 Å². The lowest BCUT2D eigenvalue weighted by Gasteiger charge is -2.27. The van der Waals surface area contributed by atoms with E-state index in [1.165, 1.54) is 0 Å². The number of benzene rings is 2. The fourth-order valence-electron chi connectivity index (χ4n) is 5.50. The average molecular weight is 572 g/mol. The third kappa shape index (κ3) is 5.66. The maximum Gasteiger partial charge on any atom is 0.188 e. The average Bonchev–Trinajstić information content (AvgIpc) is 3.44. The van der Waals surface area contributed by atoms with Crippen LogP contribution in [0.1, 0.15) is 24.0 Å². The van der Waals surface area contributed by atoms with E-state index < -0.39 is 0 Å². The monoisotopic (exact) mass is 571 g/mol. The minimum Gasteiger partial charge on any atom is -0.496 e. The van der Waals surface area contributed by atoms with Crippen molar-refractivity contribution < 1.29 is 14.6 Å². The quantitative estimate of drug-likeness (QED) is 0.201. The second kappa shape index (κ2) is 12.4. The highest BCUT2D eigenvalue weighted by atomic mass is 16.5. The van der Waals surface area contributed by atoms with Gasteiger partial charge in [-0.05, 0) is 36.1 Å². The van der Waals surface area contributed by atoms with Crippen LogP contribution >= 0.6 is 0 Å². The first-order valence-electron chi connectivity index (χ1n) is 13.8. The first kappa shape index (κ1) is 28.7. The largest absolute Gasteiger partial charge is 0.496 e. The van der Waals surface area contributed by atoms with Crippen LogP contribution in [0.25, 0.3) is 33.9 Å². The van der Waals surface area contributed by atoms with E-state index in [0.29, 0.717) is 55.9 Å². The minimum absolute atomic E-state index is 0.0750. The van der Waals surface area contributed by atoms with Crippen LogP contribution in [0.4, 0.5) is 0 Å². The smallest absolute Gasteiger partial charge is 0.188 e. The van der Waals surface area contributed by atoms with Crippen molar-refractivity contribution in [1.82, 2.24) is 24.6 Å². The van der Waals surface area contributed by atoms with Crippen molar-refractivity contribution in [2.45, 2.75) is 19.4 Å². The van der Waals surface area contributed by atoms with E-state index in [1.807, 2.05) is 50.8 Å². The molecule has 2 aliphatic rings. The zero-order valence-electron chi connectivity index (χ0n) is 23.9. The first-order valence-corrected chi connectivity index (χ1v) is 13.8. The second-order valence-corrected chi connectivity index (χ2v) is 10.2. The molecule has 1 aromatic heterocycles. The van der Waals surface area contributed by atoms with Gasteiger partial charge < -0.3 is 40.4 Å². The predicted octanol–water partition coefficient (Wildman–Crippen LogP) is 2.59. The Morgan fingerprint density at radius 2 is 1.26 bits per heavy atom. The molecule has 0 fully saturated rings. The number of hydrogen-bond acceptors (Lipinski definition) is 7. The molecular weight excluding hydrogens is 534 g/mol. The van der Waals surface area contributed by atoms with Gasteiger partial charge in [-0.25, -0.2) is 0 Å². The molecule has 12 nitrogen and oxygen atoms in total. The zero-order valence-corrected chi connectivity index (χ0v) is 23.9. The lowest BCUT2D eigenvalue weighted by atomic mass is 9.97. The number of aliphatic hydroxyl groups is 1. The van der Waals surface area contributed by atoms with Gasteiger partial charge in [-0.15, -0.1) is 10.2 Å². The van der Waals surface area contributed by atoms with Crippen LogP contribution in [-0.2, 0) is 6.54 Å². The molecule has 42 heavy (non-hydrogen) atoms. The van der Waals surface area contributed by atoms with Gasteiger partial charge in [0.1, 0.15) is 11.5 Å². The molecular formula is C30H37N9O3. The van der Waals surface area contributed by atoms with Crippen molar-refractivity contribution in [3.63, 3.8) is 0 Å². The van der Waals surface area contributed by atoms with Crippen molar-refractivity contribution in [2.75, 3.05) is 47.0 Å². The molecule has 0 saturated heterocycles. The van der Waals surface area contributed by atoms with Crippen LogP contribution in [0.3, 0.4) is 0 Å². The van der Waals surface area contributed by atoms with Gasteiger partial charge in [0, 0.05) is 55.0 Å². The minimum atomic E-state index is -0.0818. The summed E-state index contributed by atoms with van der Waals surface area (Å²) in [5, 5.41) is 34.3. The van der Waals surface area contributed by atoms with Crippen molar-refractivity contribution in [2.24, 2.45) is 11.5 Å². The van der Waals surface area contributed by atoms with Gasteiger partial charge in [0.25, 0.3) is 0 Å². The molecule has 3 heterocycles. The highest BCUT2D eigenvalue weighted by Gasteiger charge is 2.22. The third-order valence-electron chi connectivity index (χ3n) is 7.79. The fraction of sp³-hybridized carbons (Fsp3) is 0.333. The Morgan fingerprint density at radius 3 is 1.60 bits per heavy atom. The molecule has 0 saturated carbocycles. The van der Waals surface area contributed by atoms with E-state index in [-0.39, 0.29) is 18.5 Å². The lowest BCUT2D eigenvalue weighted by molar-refractivity contribution is 0.277. The second-order valence-electron chi connectivity index (χ2n) is 10.2. The first-order chi connectivity index (χ1) is 20.3. The molecule has 0 aliphatic carbocycles. The highest BCUT2D eigenvalue weighted by Crippen LogP contribution is 2.37. The number of methoxy groups -OCH3 is 2. The molecule has 0 unspecified atom stereocenters. The van der Waals surface area contributed by atoms with Crippen molar-refractivity contribution in [3.8, 4) is 34.3 Å². The Hall–Kier alpha value is -4.84. The number of rotatable bonds is 8. The standard InChI is InChI=1S/C30H37N9O3/c1-41-25-17-21(3-5-23(25)19-7-11-37(12-8-19)29(31)32)27-35-36-28(39(27)15-16-40)22-4-6-24(26(18-22)42-2)20-9-13-38(14-10-20)30(33)34/h3-7,9,17-18,40H,8,10-16H2,1-2H3,(H3,31,32)(H3,33,34). The van der Waals surface area contributed by atoms with Gasteiger partial charge in [0.05, 0.1) is 20.8 Å². The number of aromatic nitrogens is 3. The van der Waals surface area contributed by atoms with E-state index >= 15 is 0 Å². The van der Waals surface area contributed by atoms with Gasteiger partial charge >= 0.3 is 0 Å². The summed E-state index contributed by atoms with van der Waals surface area (Å²) in [6, 6.07) is 11.9. The summed E-state index contributed by atoms with van der Waals surface area (Å²) in [6.07, 6.45) is 5.66. The van der Waals surface area contributed by atoms with Gasteiger partial charge in [-0.2, -0.15) is 0 Å². The van der Waals surface area contributed by atoms with E-state index in [1.54, 1.807) is 14.2 Å². The third-order valence-corrected chi connectivity index (χ3v) is 7.79. The summed E-state index contributed by atoms with van der Waals surface area (Å²) >= 11 is 0. The maximum atomic E-state index is 9.94. The Morgan fingerprint density at radius 1 is 0.810 bits per heavy atom. The molecule has 2 aromatic carbocycles. The van der Waals surface area contributed by atoms with Crippen LogP contribution < -0.4 is 20.9 Å². The Kier molecular flexibility index (Phi) is 8.43. The highest BCUT2D eigenvalue weighted by molar-refractivity contribution is 5.80. The van der Waals surface area contributed by atoms with Crippen LogP contribution in [-0.4, -0.2) is 88.6 Å². The number of guanidine groups is 2. The predicted molar refractivity (Wildman–Crippen MR) is 163 cm³/mol. The molecule has 0 bridgehead atoms. The normalized spacial score (nSPS) is 15.2. The van der Waals surface area contributed by atoms with E-state index in [9.17, 15) is 5.11 Å². The fourth-order valence-corrected chi connectivity index (χ4v) is 5.50. The Balaban J connectivity index is 1.46. The molecule has 0 radical (unpaired) electrons. The summed E-state index contributed by atoms with van der Waals surface area (Å²) in [7, 11) is 3.29. The number of ether oxygens (including phenoxy) is 2. The summed E-state index contributed by atoms with van der Waals surface area (Å²) in [5.41, 5.74) is 17.2. The molecule has 5 rings (SSSR count). The number of nitrogens with zero attached hydrogens (tertiary/aromatic N) is 5. The summed E-state index contributed by atoms with van der Waals surface area (Å²) in [6.45, 7) is 2.75. The molecule has 0 atom stereocenters. The maximum absolute atomic E-state index is 9.94. The van der Waals surface area contributed by atoms with E-state index in [0.717, 1.165) is 46.2 Å². The van der Waals surface area contributed by atoms with Gasteiger partial charge in [0.2, 0.25) is 0 Å². The molecule has 12 heteroatoms. The number of nitrogens with two attached hydrogens (primary N) is 2. The molecule has 3 aromatic rings. The summed E-state index contributed by atoms with van der Waals surface area (Å²) < 4.78 is 13.5. The molecule has 2 aliphatic heterocycles. The van der Waals surface area contributed by atoms with Gasteiger partial charge in [-0.3, -0.25) is 10.8 Å².